The van der Waals surface area contributed by atoms with Crippen molar-refractivity contribution in [2.45, 2.75) is 52.1 Å². The van der Waals surface area contributed by atoms with E-state index in [0.717, 1.165) is 54.6 Å². The summed E-state index contributed by atoms with van der Waals surface area (Å²) in [6, 6.07) is 15.6. The number of fused-ring (bicyclic) bond motifs is 1. The maximum Gasteiger partial charge on any atom is 0.0605 e. The highest BCUT2D eigenvalue weighted by atomic mass is 35.5. The Balaban J connectivity index is 1.69. The largest absolute Gasteiger partial charge is 0.401 e. The fraction of sp³-hybridized carbons (Fsp3) is 0.407. The van der Waals surface area contributed by atoms with E-state index in [4.69, 9.17) is 17.3 Å². The molecular weight excluding hydrogens is 416 g/mol. The lowest BCUT2D eigenvalue weighted by Gasteiger charge is -2.31. The SMILES string of the molecule is CCC(C)N1CC=C(c2ccc3c(c2)C(Nc2cccc(Cl)c2)CCN/C3=C(/C)N)CC1. The number of rotatable bonds is 5. The molecule has 0 saturated heterocycles. The zero-order valence-electron chi connectivity index (χ0n) is 19.4. The van der Waals surface area contributed by atoms with Crippen LogP contribution in [0.25, 0.3) is 11.3 Å². The number of halogens is 1. The van der Waals surface area contributed by atoms with Crippen molar-refractivity contribution >= 4 is 28.6 Å². The highest BCUT2D eigenvalue weighted by Crippen LogP contribution is 2.35. The Morgan fingerprint density at radius 2 is 2.12 bits per heavy atom. The van der Waals surface area contributed by atoms with Crippen LogP contribution in [0.3, 0.4) is 0 Å². The number of anilines is 1. The first-order valence-corrected chi connectivity index (χ1v) is 12.1. The van der Waals surface area contributed by atoms with E-state index < -0.39 is 0 Å². The molecule has 0 aliphatic carbocycles. The smallest absolute Gasteiger partial charge is 0.0605 e. The second-order valence-corrected chi connectivity index (χ2v) is 9.45. The van der Waals surface area contributed by atoms with Crippen LogP contribution in [0.5, 0.6) is 0 Å². The van der Waals surface area contributed by atoms with Gasteiger partial charge < -0.3 is 16.4 Å². The summed E-state index contributed by atoms with van der Waals surface area (Å²) in [5.74, 6) is 0. The summed E-state index contributed by atoms with van der Waals surface area (Å²) >= 11 is 6.24. The van der Waals surface area contributed by atoms with Gasteiger partial charge in [0.2, 0.25) is 0 Å². The van der Waals surface area contributed by atoms with E-state index in [1.165, 1.54) is 28.7 Å². The molecule has 0 bridgehead atoms. The monoisotopic (exact) mass is 450 g/mol. The molecule has 2 aromatic rings. The van der Waals surface area contributed by atoms with Gasteiger partial charge >= 0.3 is 0 Å². The minimum absolute atomic E-state index is 0.175. The van der Waals surface area contributed by atoms with E-state index in [2.05, 4.69) is 59.7 Å². The molecule has 0 radical (unpaired) electrons. The molecule has 2 aliphatic heterocycles. The van der Waals surface area contributed by atoms with Gasteiger partial charge in [0.05, 0.1) is 11.7 Å². The van der Waals surface area contributed by atoms with E-state index in [1.54, 1.807) is 0 Å². The van der Waals surface area contributed by atoms with Crippen LogP contribution in [0, 0.1) is 0 Å². The Hall–Kier alpha value is -2.43. The molecular formula is C27H35ClN4. The molecule has 2 aliphatic rings. The van der Waals surface area contributed by atoms with Crippen LogP contribution >= 0.6 is 11.6 Å². The van der Waals surface area contributed by atoms with E-state index >= 15 is 0 Å². The van der Waals surface area contributed by atoms with Gasteiger partial charge in [0, 0.05) is 47.6 Å². The van der Waals surface area contributed by atoms with Gasteiger partial charge in [-0.25, -0.2) is 0 Å². The lowest BCUT2D eigenvalue weighted by Crippen LogP contribution is -2.36. The standard InChI is InChI=1S/C27H35ClN4/c1-4-18(2)32-14-11-20(12-15-32)21-8-9-24-25(16-21)26(10-13-30-27(24)19(3)29)31-23-7-5-6-22(28)17-23/h5-9,11,16-18,26,30-31H,4,10,12-15,29H2,1-3H3/b27-19-. The maximum atomic E-state index is 6.27. The maximum absolute atomic E-state index is 6.27. The first-order chi connectivity index (χ1) is 15.5. The molecule has 5 heteroatoms. The molecule has 0 aromatic heterocycles. The van der Waals surface area contributed by atoms with Crippen LogP contribution in [0.1, 0.15) is 62.8 Å². The molecule has 2 aromatic carbocycles. The van der Waals surface area contributed by atoms with Crippen LogP contribution in [0.15, 0.2) is 54.2 Å². The van der Waals surface area contributed by atoms with Crippen molar-refractivity contribution in [3.05, 3.63) is 76.0 Å². The molecule has 0 fully saturated rings. The molecule has 4 nitrogen and oxygen atoms in total. The second-order valence-electron chi connectivity index (χ2n) is 9.01. The molecule has 170 valence electrons. The molecule has 4 N–H and O–H groups in total. The van der Waals surface area contributed by atoms with Gasteiger partial charge in [0.15, 0.2) is 0 Å². The number of hydrogen-bond donors (Lipinski definition) is 3. The van der Waals surface area contributed by atoms with Gasteiger partial charge in [0.1, 0.15) is 0 Å². The molecule has 2 heterocycles. The first-order valence-electron chi connectivity index (χ1n) is 11.8. The summed E-state index contributed by atoms with van der Waals surface area (Å²) in [4.78, 5) is 2.57. The van der Waals surface area contributed by atoms with E-state index in [0.29, 0.717) is 6.04 Å². The summed E-state index contributed by atoms with van der Waals surface area (Å²) in [5, 5.41) is 8.02. The molecule has 0 saturated carbocycles. The lowest BCUT2D eigenvalue weighted by molar-refractivity contribution is 0.225. The molecule has 4 rings (SSSR count). The van der Waals surface area contributed by atoms with Crippen molar-refractivity contribution in [2.75, 3.05) is 25.0 Å². The van der Waals surface area contributed by atoms with Crippen LogP contribution in [-0.2, 0) is 0 Å². The first kappa shape index (κ1) is 22.8. The van der Waals surface area contributed by atoms with Gasteiger partial charge in [-0.05, 0) is 74.1 Å². The minimum atomic E-state index is 0.175. The number of nitrogens with zero attached hydrogens (tertiary/aromatic N) is 1. The Labute approximate surface area is 197 Å². The van der Waals surface area contributed by atoms with E-state index in [1.807, 2.05) is 25.1 Å². The fourth-order valence-electron chi connectivity index (χ4n) is 4.76. The summed E-state index contributed by atoms with van der Waals surface area (Å²) in [6.45, 7) is 9.57. The molecule has 2 unspecified atom stereocenters. The Bertz CT molecular complexity index is 1020. The van der Waals surface area contributed by atoms with Crippen LogP contribution in [-0.4, -0.2) is 30.6 Å². The van der Waals surface area contributed by atoms with Gasteiger partial charge in [0.25, 0.3) is 0 Å². The van der Waals surface area contributed by atoms with Crippen molar-refractivity contribution in [3.8, 4) is 0 Å². The quantitative estimate of drug-likeness (QED) is 0.521. The average molecular weight is 451 g/mol. The Morgan fingerprint density at radius 3 is 2.81 bits per heavy atom. The number of benzene rings is 2. The van der Waals surface area contributed by atoms with Crippen LogP contribution < -0.4 is 16.4 Å². The van der Waals surface area contributed by atoms with Gasteiger partial charge in [-0.2, -0.15) is 0 Å². The normalized spacial score (nSPS) is 21.6. The Kier molecular flexibility index (Phi) is 7.12. The third-order valence-electron chi connectivity index (χ3n) is 6.82. The highest BCUT2D eigenvalue weighted by molar-refractivity contribution is 6.30. The van der Waals surface area contributed by atoms with Gasteiger partial charge in [-0.1, -0.05) is 42.8 Å². The summed E-state index contributed by atoms with van der Waals surface area (Å²) in [5.41, 5.74) is 14.4. The number of nitrogens with one attached hydrogen (secondary N) is 2. The topological polar surface area (TPSA) is 53.3 Å². The molecule has 0 spiro atoms. The summed E-state index contributed by atoms with van der Waals surface area (Å²) in [6.07, 6.45) is 5.66. The zero-order valence-corrected chi connectivity index (χ0v) is 20.2. The molecule has 0 amide bonds. The highest BCUT2D eigenvalue weighted by Gasteiger charge is 2.24. The lowest BCUT2D eigenvalue weighted by atomic mass is 9.90. The third kappa shape index (κ3) is 4.97. The summed E-state index contributed by atoms with van der Waals surface area (Å²) < 4.78 is 0. The van der Waals surface area contributed by atoms with Crippen LogP contribution in [0.2, 0.25) is 5.02 Å². The zero-order chi connectivity index (χ0) is 22.7. The van der Waals surface area contributed by atoms with Crippen molar-refractivity contribution in [3.63, 3.8) is 0 Å². The Morgan fingerprint density at radius 1 is 1.28 bits per heavy atom. The molecule has 2 atom stereocenters. The van der Waals surface area contributed by atoms with Gasteiger partial charge in [-0.15, -0.1) is 0 Å². The van der Waals surface area contributed by atoms with Crippen molar-refractivity contribution in [1.82, 2.24) is 10.2 Å². The third-order valence-corrected chi connectivity index (χ3v) is 7.05. The predicted octanol–water partition coefficient (Wildman–Crippen LogP) is 6.02. The second kappa shape index (κ2) is 10.0. The van der Waals surface area contributed by atoms with E-state index in [-0.39, 0.29) is 6.04 Å². The van der Waals surface area contributed by atoms with E-state index in [9.17, 15) is 0 Å². The average Bonchev–Trinajstić information content (AvgIpc) is 2.98. The van der Waals surface area contributed by atoms with Gasteiger partial charge in [-0.3, -0.25) is 4.90 Å². The number of hydrogen-bond acceptors (Lipinski definition) is 4. The van der Waals surface area contributed by atoms with Crippen molar-refractivity contribution < 1.29 is 0 Å². The summed E-state index contributed by atoms with van der Waals surface area (Å²) in [7, 11) is 0. The predicted molar refractivity (Wildman–Crippen MR) is 138 cm³/mol. The van der Waals surface area contributed by atoms with Crippen molar-refractivity contribution in [2.24, 2.45) is 5.73 Å². The van der Waals surface area contributed by atoms with Crippen molar-refractivity contribution in [1.29, 1.82) is 0 Å². The fourth-order valence-corrected chi connectivity index (χ4v) is 4.95. The number of allylic oxidation sites excluding steroid dienone is 1. The van der Waals surface area contributed by atoms with Crippen LogP contribution in [0.4, 0.5) is 5.69 Å². The minimum Gasteiger partial charge on any atom is -0.401 e. The molecule has 32 heavy (non-hydrogen) atoms. The number of nitrogens with two attached hydrogens (primary N) is 1.